The maximum Gasteiger partial charge on any atom is 0.305 e. The van der Waals surface area contributed by atoms with E-state index in [-0.39, 0.29) is 53.8 Å². The van der Waals surface area contributed by atoms with E-state index in [0.29, 0.717) is 55.1 Å². The number of carboxylic acids is 1. The van der Waals surface area contributed by atoms with Crippen LogP contribution in [0.15, 0.2) is 90.1 Å². The Hall–Kier alpha value is -4.76. The van der Waals surface area contributed by atoms with Gasteiger partial charge < -0.3 is 34.8 Å². The summed E-state index contributed by atoms with van der Waals surface area (Å²) < 4.78 is 42.8. The number of aliphatic hydroxyl groups excluding tert-OH is 2. The van der Waals surface area contributed by atoms with E-state index in [2.05, 4.69) is 16.4 Å². The highest BCUT2D eigenvalue weighted by Crippen LogP contribution is 2.45. The first kappa shape index (κ1) is 42.8. The molecule has 12 nitrogen and oxygen atoms in total. The molecule has 15 heteroatoms. The molecule has 0 aliphatic heterocycles. The molecular weight excluding hydrogens is 805 g/mol. The first-order valence-electron chi connectivity index (χ1n) is 18.9. The molecule has 58 heavy (non-hydrogen) atoms. The Bertz CT molecular complexity index is 2330. The normalized spacial score (nSPS) is 14.2. The smallest absolute Gasteiger partial charge is 0.305 e. The second-order valence-electron chi connectivity index (χ2n) is 14.0. The van der Waals surface area contributed by atoms with Crippen LogP contribution >= 0.6 is 23.2 Å². The van der Waals surface area contributed by atoms with Crippen molar-refractivity contribution in [2.24, 2.45) is 0 Å². The van der Waals surface area contributed by atoms with Gasteiger partial charge in [-0.05, 0) is 78.6 Å². The van der Waals surface area contributed by atoms with Gasteiger partial charge in [0.2, 0.25) is 11.8 Å². The molecule has 2 heterocycles. The number of aliphatic hydroxyl groups is 2. The van der Waals surface area contributed by atoms with Gasteiger partial charge >= 0.3 is 5.97 Å². The van der Waals surface area contributed by atoms with Gasteiger partial charge in [-0.2, -0.15) is 4.98 Å². The number of fused-ring (bicyclic) bond motifs is 1. The van der Waals surface area contributed by atoms with Gasteiger partial charge in [-0.1, -0.05) is 71.7 Å². The number of carboxylic acid groups (broad SMARTS) is 1. The van der Waals surface area contributed by atoms with Crippen LogP contribution in [0.25, 0.3) is 22.3 Å². The quantitative estimate of drug-likeness (QED) is 0.0577. The third-order valence-corrected chi connectivity index (χ3v) is 11.5. The van der Waals surface area contributed by atoms with Crippen molar-refractivity contribution >= 4 is 39.0 Å². The molecule has 6 rings (SSSR count). The van der Waals surface area contributed by atoms with Crippen LogP contribution in [0.1, 0.15) is 54.0 Å². The third kappa shape index (κ3) is 11.0. The minimum atomic E-state index is -3.50. The standard InChI is InChI=1S/C43H45Cl2N3O9S/c1-58(53,54)32-21-27(24-47-25-32)26-56-42-29(5-2-6-30(50)23-40(51)52)22-38(44)43(48-42)57-39-16-15-35-34(8-4-9-36(35)39)37-10-3-7-33(41(37)45)28-11-13-31(14-12-28)55-20-18-46-17-19-49/h3-4,7-14,21-22,24-25,30,39,46,49-50H,2,5-6,15-20,23,26H2,1H3,(H,51,52)/t30-,39+/m1/s1. The summed E-state index contributed by atoms with van der Waals surface area (Å²) in [4.78, 5) is 19.9. The summed E-state index contributed by atoms with van der Waals surface area (Å²) in [7, 11) is -3.50. The van der Waals surface area contributed by atoms with Gasteiger partial charge in [-0.25, -0.2) is 8.42 Å². The zero-order chi connectivity index (χ0) is 41.2. The topological polar surface area (TPSA) is 177 Å². The van der Waals surface area contributed by atoms with Crippen LogP contribution in [0.4, 0.5) is 0 Å². The van der Waals surface area contributed by atoms with Crippen molar-refractivity contribution in [1.29, 1.82) is 0 Å². The van der Waals surface area contributed by atoms with Crippen LogP contribution in [0, 0.1) is 0 Å². The molecule has 306 valence electrons. The first-order valence-corrected chi connectivity index (χ1v) is 21.5. The number of ether oxygens (including phenoxy) is 3. The Labute approximate surface area is 347 Å². The summed E-state index contributed by atoms with van der Waals surface area (Å²) >= 11 is 13.9. The number of nitrogens with zero attached hydrogens (tertiary/aromatic N) is 2. The van der Waals surface area contributed by atoms with E-state index in [1.807, 2.05) is 54.6 Å². The average Bonchev–Trinajstić information content (AvgIpc) is 3.61. The lowest BCUT2D eigenvalue weighted by Gasteiger charge is -2.19. The number of aliphatic carboxylic acids is 1. The zero-order valence-corrected chi connectivity index (χ0v) is 34.2. The SMILES string of the molecule is CS(=O)(=O)c1cncc(COc2nc(O[C@H]3CCc4c(-c5cccc(-c6ccc(OCCNCCO)cc6)c5Cl)cccc43)c(Cl)cc2CCC[C@@H](O)CC(=O)O)c1. The van der Waals surface area contributed by atoms with E-state index in [9.17, 15) is 18.3 Å². The number of hydrogen-bond acceptors (Lipinski definition) is 11. The molecule has 0 bridgehead atoms. The van der Waals surface area contributed by atoms with E-state index in [4.69, 9.17) is 52.6 Å². The molecule has 3 aromatic carbocycles. The van der Waals surface area contributed by atoms with Gasteiger partial charge in [-0.15, -0.1) is 0 Å². The summed E-state index contributed by atoms with van der Waals surface area (Å²) in [6.07, 6.45) is 4.55. The molecule has 1 aliphatic carbocycles. The number of sulfone groups is 1. The number of hydrogen-bond donors (Lipinski definition) is 4. The largest absolute Gasteiger partial charge is 0.492 e. The summed E-state index contributed by atoms with van der Waals surface area (Å²) in [6, 6.07) is 23.0. The molecule has 0 unspecified atom stereocenters. The van der Waals surface area contributed by atoms with E-state index < -0.39 is 21.9 Å². The summed E-state index contributed by atoms with van der Waals surface area (Å²) in [5.74, 6) is 0.0213. The fourth-order valence-corrected chi connectivity index (χ4v) is 8.05. The van der Waals surface area contributed by atoms with Crippen molar-refractivity contribution in [2.75, 3.05) is 32.6 Å². The second kappa shape index (κ2) is 19.8. The van der Waals surface area contributed by atoms with E-state index in [1.54, 1.807) is 6.07 Å². The number of benzene rings is 3. The molecular formula is C43H45Cl2N3O9S. The lowest BCUT2D eigenvalue weighted by molar-refractivity contribution is -0.139. The number of carbonyl (C=O) groups is 1. The number of rotatable bonds is 20. The van der Waals surface area contributed by atoms with Crippen LogP contribution in [-0.4, -0.2) is 78.3 Å². The number of pyridine rings is 2. The Morgan fingerprint density at radius 3 is 2.48 bits per heavy atom. The molecule has 0 saturated heterocycles. The van der Waals surface area contributed by atoms with Crippen molar-refractivity contribution in [2.45, 2.75) is 62.2 Å². The number of aromatic nitrogens is 2. The molecule has 0 fully saturated rings. The predicted octanol–water partition coefficient (Wildman–Crippen LogP) is 7.29. The van der Waals surface area contributed by atoms with E-state index in [0.717, 1.165) is 51.8 Å². The molecule has 0 spiro atoms. The second-order valence-corrected chi connectivity index (χ2v) is 16.8. The van der Waals surface area contributed by atoms with Gasteiger partial charge in [-0.3, -0.25) is 9.78 Å². The molecule has 0 saturated carbocycles. The van der Waals surface area contributed by atoms with Gasteiger partial charge in [0.15, 0.2) is 9.84 Å². The highest BCUT2D eigenvalue weighted by Gasteiger charge is 2.29. The maximum absolute atomic E-state index is 12.1. The highest BCUT2D eigenvalue weighted by atomic mass is 35.5. The minimum Gasteiger partial charge on any atom is -0.492 e. The van der Waals surface area contributed by atoms with E-state index in [1.165, 1.54) is 18.5 Å². The van der Waals surface area contributed by atoms with Crippen LogP contribution in [0.3, 0.4) is 0 Å². The number of aryl methyl sites for hydroxylation is 1. The average molecular weight is 851 g/mol. The molecule has 1 aliphatic rings. The van der Waals surface area contributed by atoms with Gasteiger partial charge in [0.1, 0.15) is 30.1 Å². The molecule has 0 radical (unpaired) electrons. The van der Waals surface area contributed by atoms with Crippen molar-refractivity contribution in [1.82, 2.24) is 15.3 Å². The zero-order valence-electron chi connectivity index (χ0n) is 31.9. The Morgan fingerprint density at radius 2 is 1.72 bits per heavy atom. The Morgan fingerprint density at radius 1 is 0.966 bits per heavy atom. The lowest BCUT2D eigenvalue weighted by atomic mass is 9.94. The van der Waals surface area contributed by atoms with E-state index >= 15 is 0 Å². The van der Waals surface area contributed by atoms with Crippen molar-refractivity contribution in [3.63, 3.8) is 0 Å². The fraction of sp³-hybridized carbons (Fsp3) is 0.326. The Kier molecular flexibility index (Phi) is 14.6. The highest BCUT2D eigenvalue weighted by molar-refractivity contribution is 7.90. The van der Waals surface area contributed by atoms with Crippen molar-refractivity contribution in [3.8, 4) is 39.8 Å². The third-order valence-electron chi connectivity index (χ3n) is 9.71. The van der Waals surface area contributed by atoms with Crippen LogP contribution in [-0.2, 0) is 34.1 Å². The summed E-state index contributed by atoms with van der Waals surface area (Å²) in [5, 5.41) is 32.1. The monoisotopic (exact) mass is 849 g/mol. The molecule has 2 aromatic heterocycles. The first-order chi connectivity index (χ1) is 27.9. The minimum absolute atomic E-state index is 0.0454. The fourth-order valence-electron chi connectivity index (χ4n) is 6.87. The lowest BCUT2D eigenvalue weighted by Crippen LogP contribution is -2.23. The predicted molar refractivity (Wildman–Crippen MR) is 222 cm³/mol. The molecule has 0 amide bonds. The van der Waals surface area contributed by atoms with Gasteiger partial charge in [0.25, 0.3) is 0 Å². The van der Waals surface area contributed by atoms with Crippen molar-refractivity contribution in [3.05, 3.63) is 117 Å². The molecule has 2 atom stereocenters. The summed E-state index contributed by atoms with van der Waals surface area (Å²) in [6.45, 7) is 1.66. The van der Waals surface area contributed by atoms with Crippen LogP contribution in [0.2, 0.25) is 10.0 Å². The van der Waals surface area contributed by atoms with Crippen LogP contribution in [0.5, 0.6) is 17.5 Å². The Balaban J connectivity index is 1.22. The van der Waals surface area contributed by atoms with Gasteiger partial charge in [0.05, 0.1) is 29.0 Å². The van der Waals surface area contributed by atoms with Crippen molar-refractivity contribution < 1.29 is 42.7 Å². The summed E-state index contributed by atoms with van der Waals surface area (Å²) in [5.41, 5.74) is 6.94. The molecule has 5 aromatic rings. The number of halogens is 2. The van der Waals surface area contributed by atoms with Crippen LogP contribution < -0.4 is 19.5 Å². The number of nitrogens with one attached hydrogen (secondary N) is 1. The van der Waals surface area contributed by atoms with Gasteiger partial charge in [0, 0.05) is 54.0 Å². The maximum atomic E-state index is 12.1. The molecule has 4 N–H and O–H groups in total.